The van der Waals surface area contributed by atoms with Gasteiger partial charge in [0, 0.05) is 5.69 Å². The van der Waals surface area contributed by atoms with Gasteiger partial charge < -0.3 is 10.1 Å². The van der Waals surface area contributed by atoms with Gasteiger partial charge in [0.15, 0.2) is 0 Å². The lowest BCUT2D eigenvalue weighted by Crippen LogP contribution is -2.45. The topological polar surface area (TPSA) is 122 Å². The van der Waals surface area contributed by atoms with Crippen LogP contribution in [0.4, 0.5) is 17.1 Å². The van der Waals surface area contributed by atoms with Crippen molar-refractivity contribution in [2.75, 3.05) is 27.7 Å². The van der Waals surface area contributed by atoms with Gasteiger partial charge in [0.1, 0.15) is 11.8 Å². The molecule has 2 N–H and O–H groups in total. The lowest BCUT2D eigenvalue weighted by molar-refractivity contribution is -0.116. The molecule has 0 saturated heterocycles. The lowest BCUT2D eigenvalue weighted by Gasteiger charge is -2.28. The largest absolute Gasteiger partial charge is 0.495 e. The summed E-state index contributed by atoms with van der Waals surface area (Å²) in [6, 6.07) is 14.3. The van der Waals surface area contributed by atoms with Crippen molar-refractivity contribution in [3.8, 4) is 5.75 Å². The van der Waals surface area contributed by atoms with Crippen molar-refractivity contribution in [1.82, 2.24) is 0 Å². The zero-order valence-corrected chi connectivity index (χ0v) is 23.3. The summed E-state index contributed by atoms with van der Waals surface area (Å²) >= 11 is 6.16. The Morgan fingerprint density at radius 2 is 1.62 bits per heavy atom. The number of hydrogen-bond acceptors (Lipinski definition) is 6. The number of methoxy groups -OCH3 is 1. The highest BCUT2D eigenvalue weighted by Crippen LogP contribution is 2.31. The quantitative estimate of drug-likeness (QED) is 0.392. The third-order valence-corrected chi connectivity index (χ3v) is 8.47. The number of halogens is 1. The molecular weight excluding hydrogens is 538 g/mol. The van der Waals surface area contributed by atoms with E-state index in [1.165, 1.54) is 56.5 Å². The molecule has 0 bridgehead atoms. The number of hydrogen-bond donors (Lipinski definition) is 2. The number of aryl methyl sites for hydroxylation is 2. The Labute approximate surface area is 222 Å². The molecule has 12 heteroatoms. The summed E-state index contributed by atoms with van der Waals surface area (Å²) in [5.41, 5.74) is 2.65. The molecule has 0 radical (unpaired) electrons. The van der Waals surface area contributed by atoms with Crippen molar-refractivity contribution in [2.45, 2.75) is 31.7 Å². The molecule has 0 unspecified atom stereocenters. The Bertz CT molecular complexity index is 1520. The minimum atomic E-state index is -3.87. The van der Waals surface area contributed by atoms with Crippen molar-refractivity contribution in [3.05, 3.63) is 76.8 Å². The summed E-state index contributed by atoms with van der Waals surface area (Å²) in [5.74, 6) is -0.264. The van der Waals surface area contributed by atoms with Gasteiger partial charge in [-0.1, -0.05) is 23.7 Å². The molecule has 1 amide bonds. The maximum absolute atomic E-state index is 13.0. The van der Waals surface area contributed by atoms with E-state index in [0.29, 0.717) is 17.1 Å². The van der Waals surface area contributed by atoms with E-state index >= 15 is 0 Å². The smallest absolute Gasteiger partial charge is 0.261 e. The first-order valence-electron chi connectivity index (χ1n) is 11.1. The van der Waals surface area contributed by atoms with Crippen LogP contribution in [0.5, 0.6) is 5.75 Å². The molecule has 3 aromatic rings. The maximum atomic E-state index is 13.0. The Morgan fingerprint density at radius 3 is 2.19 bits per heavy atom. The molecule has 0 heterocycles. The van der Waals surface area contributed by atoms with Crippen LogP contribution in [0.15, 0.2) is 65.6 Å². The van der Waals surface area contributed by atoms with Gasteiger partial charge in [-0.15, -0.1) is 0 Å². The summed E-state index contributed by atoms with van der Waals surface area (Å²) in [5, 5.41) is 2.82. The minimum Gasteiger partial charge on any atom is -0.495 e. The van der Waals surface area contributed by atoms with E-state index < -0.39 is 32.0 Å². The zero-order valence-electron chi connectivity index (χ0n) is 20.9. The number of sulfonamides is 2. The molecule has 0 aliphatic carbocycles. The predicted octanol–water partition coefficient (Wildman–Crippen LogP) is 4.56. The zero-order chi connectivity index (χ0) is 27.5. The number of carbonyl (C=O) groups excluding carboxylic acids is 1. The van der Waals surface area contributed by atoms with E-state index in [1.54, 1.807) is 13.0 Å². The number of carbonyl (C=O) groups is 1. The molecule has 0 saturated carbocycles. The number of anilines is 3. The maximum Gasteiger partial charge on any atom is 0.261 e. The average Bonchev–Trinajstić information content (AvgIpc) is 2.81. The van der Waals surface area contributed by atoms with Crippen LogP contribution in [0.3, 0.4) is 0 Å². The van der Waals surface area contributed by atoms with E-state index in [1.807, 2.05) is 19.1 Å². The summed E-state index contributed by atoms with van der Waals surface area (Å²) in [6.07, 6.45) is 0.984. The normalized spacial score (nSPS) is 12.5. The van der Waals surface area contributed by atoms with E-state index in [-0.39, 0.29) is 15.6 Å². The molecular formula is C25H28ClN3O6S2. The van der Waals surface area contributed by atoms with Gasteiger partial charge in [0.2, 0.25) is 15.9 Å². The third-order valence-electron chi connectivity index (χ3n) is 5.55. The molecule has 37 heavy (non-hydrogen) atoms. The van der Waals surface area contributed by atoms with Gasteiger partial charge in [0.05, 0.1) is 34.7 Å². The highest BCUT2D eigenvalue weighted by atomic mass is 35.5. The standard InChI is InChI=1S/C25H28ClN3O6S2/c1-16-6-7-17(2)23(14-16)28-37(33,34)21-11-8-19(9-12-21)27-25(30)18(3)29(36(5,31)32)20-10-13-24(35-4)22(26)15-20/h6-15,18,28H,1-5H3,(H,27,30)/t18-/m0/s1. The lowest BCUT2D eigenvalue weighted by atomic mass is 10.1. The van der Waals surface area contributed by atoms with E-state index in [2.05, 4.69) is 10.0 Å². The van der Waals surface area contributed by atoms with Crippen LogP contribution >= 0.6 is 11.6 Å². The monoisotopic (exact) mass is 565 g/mol. The highest BCUT2D eigenvalue weighted by Gasteiger charge is 2.30. The third kappa shape index (κ3) is 6.73. The van der Waals surface area contributed by atoms with Crippen molar-refractivity contribution in [2.24, 2.45) is 0 Å². The first-order valence-corrected chi connectivity index (χ1v) is 14.8. The molecule has 1 atom stereocenters. The molecule has 3 aromatic carbocycles. The number of ether oxygens (including phenoxy) is 1. The van der Waals surface area contributed by atoms with Gasteiger partial charge in [0.25, 0.3) is 10.0 Å². The summed E-state index contributed by atoms with van der Waals surface area (Å²) in [7, 11) is -6.30. The van der Waals surface area contributed by atoms with Crippen LogP contribution in [0, 0.1) is 13.8 Å². The second-order valence-corrected chi connectivity index (χ2v) is 12.4. The minimum absolute atomic E-state index is 0.00471. The molecule has 0 fully saturated rings. The van der Waals surface area contributed by atoms with Crippen LogP contribution < -0.4 is 19.1 Å². The van der Waals surface area contributed by atoms with Crippen LogP contribution in [0.1, 0.15) is 18.1 Å². The van der Waals surface area contributed by atoms with Crippen molar-refractivity contribution >= 4 is 54.6 Å². The fraction of sp³-hybridized carbons (Fsp3) is 0.240. The van der Waals surface area contributed by atoms with Crippen LogP contribution in [0.2, 0.25) is 5.02 Å². The number of benzene rings is 3. The Kier molecular flexibility index (Phi) is 8.41. The number of nitrogens with one attached hydrogen (secondary N) is 2. The second kappa shape index (κ2) is 11.0. The fourth-order valence-electron chi connectivity index (χ4n) is 3.61. The van der Waals surface area contributed by atoms with Gasteiger partial charge in [-0.3, -0.25) is 13.8 Å². The molecule has 0 spiro atoms. The first kappa shape index (κ1) is 28.3. The summed E-state index contributed by atoms with van der Waals surface area (Å²) in [4.78, 5) is 13.0. The van der Waals surface area contributed by atoms with Gasteiger partial charge >= 0.3 is 0 Å². The number of rotatable bonds is 9. The summed E-state index contributed by atoms with van der Waals surface area (Å²) in [6.45, 7) is 5.10. The van der Waals surface area contributed by atoms with Crippen LogP contribution in [0.25, 0.3) is 0 Å². The fourth-order valence-corrected chi connectivity index (χ4v) is 6.16. The average molecular weight is 566 g/mol. The highest BCUT2D eigenvalue weighted by molar-refractivity contribution is 7.92. The van der Waals surface area contributed by atoms with Crippen molar-refractivity contribution in [3.63, 3.8) is 0 Å². The Hall–Kier alpha value is -3.28. The van der Waals surface area contributed by atoms with Gasteiger partial charge in [-0.05, 0) is 80.4 Å². The predicted molar refractivity (Wildman–Crippen MR) is 147 cm³/mol. The molecule has 9 nitrogen and oxygen atoms in total. The van der Waals surface area contributed by atoms with E-state index in [9.17, 15) is 21.6 Å². The Morgan fingerprint density at radius 1 is 0.973 bits per heavy atom. The van der Waals surface area contributed by atoms with Crippen LogP contribution in [-0.2, 0) is 24.8 Å². The SMILES string of the molecule is COc1ccc(N([C@@H](C)C(=O)Nc2ccc(S(=O)(=O)Nc3cc(C)ccc3C)cc2)S(C)(=O)=O)cc1Cl. The number of nitrogens with zero attached hydrogens (tertiary/aromatic N) is 1. The van der Waals surface area contributed by atoms with Crippen LogP contribution in [-0.4, -0.2) is 42.2 Å². The van der Waals surface area contributed by atoms with Gasteiger partial charge in [-0.2, -0.15) is 0 Å². The van der Waals surface area contributed by atoms with Crippen molar-refractivity contribution < 1.29 is 26.4 Å². The molecule has 0 aliphatic rings. The second-order valence-electron chi connectivity index (χ2n) is 8.49. The van der Waals surface area contributed by atoms with Gasteiger partial charge in [-0.25, -0.2) is 16.8 Å². The van der Waals surface area contributed by atoms with E-state index in [4.69, 9.17) is 16.3 Å². The first-order chi connectivity index (χ1) is 17.2. The Balaban J connectivity index is 1.79. The molecule has 0 aliphatic heterocycles. The molecule has 198 valence electrons. The van der Waals surface area contributed by atoms with Crippen molar-refractivity contribution in [1.29, 1.82) is 0 Å². The summed E-state index contributed by atoms with van der Waals surface area (Å²) < 4.78 is 59.4. The molecule has 0 aromatic heterocycles. The molecule has 3 rings (SSSR count). The number of amides is 1. The van der Waals surface area contributed by atoms with E-state index in [0.717, 1.165) is 21.7 Å².